The van der Waals surface area contributed by atoms with E-state index in [1.165, 1.54) is 7.11 Å². The molecular formula is C12H22O4S. The van der Waals surface area contributed by atoms with E-state index in [2.05, 4.69) is 11.7 Å². The predicted octanol–water partition coefficient (Wildman–Crippen LogP) is 1.79. The van der Waals surface area contributed by atoms with Crippen LogP contribution >= 0.6 is 0 Å². The largest absolute Gasteiger partial charge is 0.469 e. The molecule has 0 heterocycles. The number of ether oxygens (including phenoxy) is 1. The average Bonchev–Trinajstić information content (AvgIpc) is 2.27. The highest BCUT2D eigenvalue weighted by molar-refractivity contribution is 7.92. The lowest BCUT2D eigenvalue weighted by molar-refractivity contribution is -0.144. The molecule has 0 N–H and O–H groups in total. The quantitative estimate of drug-likeness (QED) is 0.725. The lowest BCUT2D eigenvalue weighted by Gasteiger charge is -2.26. The number of esters is 1. The van der Waals surface area contributed by atoms with Gasteiger partial charge >= 0.3 is 5.97 Å². The van der Waals surface area contributed by atoms with Crippen LogP contribution in [0.2, 0.25) is 0 Å². The zero-order valence-corrected chi connectivity index (χ0v) is 11.6. The summed E-state index contributed by atoms with van der Waals surface area (Å²) in [7, 11) is -1.88. The summed E-state index contributed by atoms with van der Waals surface area (Å²) in [6, 6.07) is 0. The van der Waals surface area contributed by atoms with E-state index in [1.54, 1.807) is 6.92 Å². The van der Waals surface area contributed by atoms with Gasteiger partial charge in [0.15, 0.2) is 9.84 Å². The molecule has 0 saturated heterocycles. The van der Waals surface area contributed by atoms with Crippen LogP contribution in [0, 0.1) is 11.8 Å². The second-order valence-electron chi connectivity index (χ2n) is 5.14. The Morgan fingerprint density at radius 1 is 1.29 bits per heavy atom. The highest BCUT2D eigenvalue weighted by atomic mass is 32.2. The molecule has 1 saturated carbocycles. The maximum atomic E-state index is 12.1. The summed E-state index contributed by atoms with van der Waals surface area (Å²) in [6.07, 6.45) is 3.40. The lowest BCUT2D eigenvalue weighted by Crippen LogP contribution is -2.32. The minimum Gasteiger partial charge on any atom is -0.469 e. The maximum Gasteiger partial charge on any atom is 0.309 e. The van der Waals surface area contributed by atoms with Crippen molar-refractivity contribution in [3.05, 3.63) is 0 Å². The van der Waals surface area contributed by atoms with Gasteiger partial charge in [-0.05, 0) is 31.6 Å². The lowest BCUT2D eigenvalue weighted by atomic mass is 9.91. The minimum absolute atomic E-state index is 0.0846. The molecule has 0 aromatic heterocycles. The Balaban J connectivity index is 2.59. The van der Waals surface area contributed by atoms with Crippen molar-refractivity contribution in [3.63, 3.8) is 0 Å². The van der Waals surface area contributed by atoms with E-state index in [0.29, 0.717) is 5.92 Å². The molecule has 0 spiro atoms. The topological polar surface area (TPSA) is 60.4 Å². The van der Waals surface area contributed by atoms with Crippen LogP contribution in [0.3, 0.4) is 0 Å². The third-order valence-corrected chi connectivity index (χ3v) is 6.01. The third-order valence-electron chi connectivity index (χ3n) is 3.56. The van der Waals surface area contributed by atoms with Crippen molar-refractivity contribution in [3.8, 4) is 0 Å². The van der Waals surface area contributed by atoms with Crippen molar-refractivity contribution >= 4 is 15.8 Å². The first-order valence-electron chi connectivity index (χ1n) is 6.16. The van der Waals surface area contributed by atoms with Crippen LogP contribution in [0.15, 0.2) is 0 Å². The molecule has 1 atom stereocenters. The Kier molecular flexibility index (Phi) is 4.98. The molecule has 0 radical (unpaired) electrons. The third kappa shape index (κ3) is 3.98. The van der Waals surface area contributed by atoms with Crippen LogP contribution in [0.4, 0.5) is 0 Å². The number of rotatable bonds is 4. The monoisotopic (exact) mass is 262 g/mol. The van der Waals surface area contributed by atoms with Gasteiger partial charge in [-0.25, -0.2) is 8.42 Å². The summed E-state index contributed by atoms with van der Waals surface area (Å²) in [5.74, 6) is -0.472. The smallest absolute Gasteiger partial charge is 0.309 e. The number of methoxy groups -OCH3 is 1. The average molecular weight is 262 g/mol. The predicted molar refractivity (Wildman–Crippen MR) is 66.4 cm³/mol. The highest BCUT2D eigenvalue weighted by Gasteiger charge is 2.32. The Labute approximate surface area is 104 Å². The molecule has 1 rings (SSSR count). The van der Waals surface area contributed by atoms with Crippen molar-refractivity contribution in [2.75, 3.05) is 12.9 Å². The Morgan fingerprint density at radius 3 is 2.29 bits per heavy atom. The van der Waals surface area contributed by atoms with Gasteiger partial charge in [-0.15, -0.1) is 0 Å². The summed E-state index contributed by atoms with van der Waals surface area (Å²) in [5, 5.41) is -0.259. The van der Waals surface area contributed by atoms with Crippen molar-refractivity contribution in [2.24, 2.45) is 11.8 Å². The van der Waals surface area contributed by atoms with Gasteiger partial charge in [0.2, 0.25) is 0 Å². The van der Waals surface area contributed by atoms with E-state index in [0.717, 1.165) is 25.7 Å². The van der Waals surface area contributed by atoms with Crippen molar-refractivity contribution < 1.29 is 17.9 Å². The Bertz CT molecular complexity index is 353. The molecule has 0 aliphatic heterocycles. The summed E-state index contributed by atoms with van der Waals surface area (Å²) < 4.78 is 28.8. The van der Waals surface area contributed by atoms with Crippen LogP contribution in [0.5, 0.6) is 0 Å². The summed E-state index contributed by atoms with van der Waals surface area (Å²) >= 11 is 0. The SMILES string of the molecule is COC(=O)C(C)CS(=O)(=O)C1CCC(C)CC1. The van der Waals surface area contributed by atoms with Crippen LogP contribution in [-0.4, -0.2) is 32.5 Å². The van der Waals surface area contributed by atoms with Gasteiger partial charge in [0, 0.05) is 0 Å². The number of carbonyl (C=O) groups is 1. The van der Waals surface area contributed by atoms with Crippen LogP contribution in [0.25, 0.3) is 0 Å². The number of carbonyl (C=O) groups excluding carboxylic acids is 1. The van der Waals surface area contributed by atoms with Crippen molar-refractivity contribution in [2.45, 2.75) is 44.8 Å². The van der Waals surface area contributed by atoms with E-state index < -0.39 is 21.7 Å². The molecule has 1 unspecified atom stereocenters. The fourth-order valence-electron chi connectivity index (χ4n) is 2.34. The highest BCUT2D eigenvalue weighted by Crippen LogP contribution is 2.29. The molecule has 4 nitrogen and oxygen atoms in total. The maximum absolute atomic E-state index is 12.1. The first-order valence-corrected chi connectivity index (χ1v) is 7.87. The van der Waals surface area contributed by atoms with E-state index in [1.807, 2.05) is 0 Å². The summed E-state index contributed by atoms with van der Waals surface area (Å²) in [4.78, 5) is 11.2. The van der Waals surface area contributed by atoms with Crippen molar-refractivity contribution in [1.82, 2.24) is 0 Å². The Hall–Kier alpha value is -0.580. The fraction of sp³-hybridized carbons (Fsp3) is 0.917. The first kappa shape index (κ1) is 14.5. The standard InChI is InChI=1S/C12H22O4S/c1-9-4-6-11(7-5-9)17(14,15)8-10(2)12(13)16-3/h9-11H,4-8H2,1-3H3. The van der Waals surface area contributed by atoms with Crippen molar-refractivity contribution in [1.29, 1.82) is 0 Å². The molecule has 1 fully saturated rings. The van der Waals surface area contributed by atoms with Gasteiger partial charge in [-0.3, -0.25) is 4.79 Å². The molecule has 0 aromatic carbocycles. The van der Waals surface area contributed by atoms with Gasteiger partial charge in [0.05, 0.1) is 24.0 Å². The molecule has 0 bridgehead atoms. The van der Waals surface area contributed by atoms with Gasteiger partial charge in [-0.2, -0.15) is 0 Å². The van der Waals surface area contributed by atoms with Crippen LogP contribution in [-0.2, 0) is 19.4 Å². The van der Waals surface area contributed by atoms with E-state index in [-0.39, 0.29) is 11.0 Å². The van der Waals surface area contributed by atoms with E-state index in [4.69, 9.17) is 0 Å². The second kappa shape index (κ2) is 5.85. The number of sulfone groups is 1. The van der Waals surface area contributed by atoms with Crippen LogP contribution in [0.1, 0.15) is 39.5 Å². The molecule has 17 heavy (non-hydrogen) atoms. The summed E-state index contributed by atoms with van der Waals surface area (Å²) in [6.45, 7) is 3.76. The van der Waals surface area contributed by atoms with Gasteiger partial charge in [0.1, 0.15) is 0 Å². The molecule has 1 aliphatic carbocycles. The minimum atomic E-state index is -3.16. The first-order chi connectivity index (χ1) is 7.86. The molecule has 0 amide bonds. The van der Waals surface area contributed by atoms with E-state index >= 15 is 0 Å². The zero-order valence-electron chi connectivity index (χ0n) is 10.8. The van der Waals surface area contributed by atoms with Gasteiger partial charge in [-0.1, -0.05) is 13.8 Å². The molecular weight excluding hydrogens is 240 g/mol. The summed E-state index contributed by atoms with van der Waals surface area (Å²) in [5.41, 5.74) is 0. The number of hydrogen-bond donors (Lipinski definition) is 0. The van der Waals surface area contributed by atoms with E-state index in [9.17, 15) is 13.2 Å². The fourth-order valence-corrected chi connectivity index (χ4v) is 4.44. The molecule has 100 valence electrons. The molecule has 0 aromatic rings. The Morgan fingerprint density at radius 2 is 1.82 bits per heavy atom. The molecule has 5 heteroatoms. The number of hydrogen-bond acceptors (Lipinski definition) is 4. The zero-order chi connectivity index (χ0) is 13.1. The van der Waals surface area contributed by atoms with Gasteiger partial charge < -0.3 is 4.74 Å². The van der Waals surface area contributed by atoms with Gasteiger partial charge in [0.25, 0.3) is 0 Å². The van der Waals surface area contributed by atoms with Crippen LogP contribution < -0.4 is 0 Å². The second-order valence-corrected chi connectivity index (χ2v) is 7.46. The normalized spacial score (nSPS) is 27.5. The molecule has 1 aliphatic rings.